The minimum absolute atomic E-state index is 0.506. The Labute approximate surface area is 101 Å². The molecular weight excluding hydrogens is 212 g/mol. The number of hydrogen-bond donors (Lipinski definition) is 2. The highest BCUT2D eigenvalue weighted by Crippen LogP contribution is 2.32. The number of carbonyl (C=O) groups excluding carboxylic acids is 1. The van der Waals surface area contributed by atoms with Crippen LogP contribution in [0.15, 0.2) is 54.1 Å². The highest BCUT2D eigenvalue weighted by molar-refractivity contribution is 5.73. The fourth-order valence-corrected chi connectivity index (χ4v) is 2.25. The minimum Gasteiger partial charge on any atom is -0.352 e. The summed E-state index contributed by atoms with van der Waals surface area (Å²) in [6, 6.07) is 9.37. The van der Waals surface area contributed by atoms with Crippen LogP contribution in [-0.4, -0.2) is 6.03 Å². The van der Waals surface area contributed by atoms with Gasteiger partial charge in [0.15, 0.2) is 0 Å². The molecule has 17 heavy (non-hydrogen) atoms. The van der Waals surface area contributed by atoms with Crippen LogP contribution in [0.25, 0.3) is 0 Å². The maximum Gasteiger partial charge on any atom is 0.313 e. The van der Waals surface area contributed by atoms with E-state index in [1.807, 2.05) is 55.5 Å². The molecule has 2 amide bonds. The van der Waals surface area contributed by atoms with Crippen molar-refractivity contribution in [3.63, 3.8) is 0 Å². The van der Waals surface area contributed by atoms with Gasteiger partial charge in [-0.25, -0.2) is 4.79 Å². The molecule has 3 nitrogen and oxygen atoms in total. The number of nitrogens with one attached hydrogen (secondary N) is 1. The third kappa shape index (κ3) is 2.38. The molecule has 2 rings (SSSR count). The second-order valence-electron chi connectivity index (χ2n) is 4.38. The molecule has 0 spiro atoms. The van der Waals surface area contributed by atoms with E-state index in [2.05, 4.69) is 5.32 Å². The Morgan fingerprint density at radius 3 is 2.65 bits per heavy atom. The van der Waals surface area contributed by atoms with Crippen molar-refractivity contribution in [2.75, 3.05) is 0 Å². The van der Waals surface area contributed by atoms with Gasteiger partial charge in [-0.1, -0.05) is 54.1 Å². The monoisotopic (exact) mass is 228 g/mol. The molecule has 0 aliphatic heterocycles. The Kier molecular flexibility index (Phi) is 3.00. The van der Waals surface area contributed by atoms with E-state index in [9.17, 15) is 4.79 Å². The number of amides is 2. The first kappa shape index (κ1) is 11.5. The zero-order valence-electron chi connectivity index (χ0n) is 9.81. The van der Waals surface area contributed by atoms with Crippen LogP contribution >= 0.6 is 0 Å². The second-order valence-corrected chi connectivity index (χ2v) is 4.38. The topological polar surface area (TPSA) is 55.1 Å². The predicted molar refractivity (Wildman–Crippen MR) is 68.4 cm³/mol. The van der Waals surface area contributed by atoms with Gasteiger partial charge in [-0.2, -0.15) is 0 Å². The summed E-state index contributed by atoms with van der Waals surface area (Å²) in [5.41, 5.74) is 7.04. The molecule has 0 saturated heterocycles. The van der Waals surface area contributed by atoms with Gasteiger partial charge in [0.25, 0.3) is 0 Å². The van der Waals surface area contributed by atoms with Gasteiger partial charge in [-0.05, 0) is 18.9 Å². The maximum absolute atomic E-state index is 11.2. The number of hydrogen-bond acceptors (Lipinski definition) is 1. The van der Waals surface area contributed by atoms with Crippen LogP contribution < -0.4 is 11.1 Å². The van der Waals surface area contributed by atoms with Crippen LogP contribution in [0.5, 0.6) is 0 Å². The van der Waals surface area contributed by atoms with Gasteiger partial charge in [0.2, 0.25) is 0 Å². The maximum atomic E-state index is 11.2. The third-order valence-electron chi connectivity index (χ3n) is 2.95. The van der Waals surface area contributed by atoms with Gasteiger partial charge in [0, 0.05) is 0 Å². The zero-order chi connectivity index (χ0) is 12.3. The van der Waals surface area contributed by atoms with Gasteiger partial charge in [-0.3, -0.25) is 0 Å². The largest absolute Gasteiger partial charge is 0.352 e. The number of primary amides is 1. The van der Waals surface area contributed by atoms with Gasteiger partial charge in [0.05, 0.1) is 5.54 Å². The second kappa shape index (κ2) is 4.45. The van der Waals surface area contributed by atoms with Crippen molar-refractivity contribution >= 4 is 6.03 Å². The SMILES string of the molecule is CC1=CC=CC(NC(N)=O)(c2ccccc2)C1. The summed E-state index contributed by atoms with van der Waals surface area (Å²) in [6.45, 7) is 2.05. The first-order valence-electron chi connectivity index (χ1n) is 5.60. The molecule has 1 unspecified atom stereocenters. The van der Waals surface area contributed by atoms with Crippen LogP contribution in [0.1, 0.15) is 18.9 Å². The lowest BCUT2D eigenvalue weighted by Crippen LogP contribution is -2.47. The number of benzene rings is 1. The van der Waals surface area contributed by atoms with Crippen molar-refractivity contribution in [2.24, 2.45) is 5.73 Å². The van der Waals surface area contributed by atoms with Crippen molar-refractivity contribution in [2.45, 2.75) is 18.9 Å². The summed E-state index contributed by atoms with van der Waals surface area (Å²) in [5, 5.41) is 2.85. The Bertz CT molecular complexity index is 472. The zero-order valence-corrected chi connectivity index (χ0v) is 9.81. The first-order valence-corrected chi connectivity index (χ1v) is 5.60. The van der Waals surface area contributed by atoms with Gasteiger partial charge >= 0.3 is 6.03 Å². The normalized spacial score (nSPS) is 23.0. The van der Waals surface area contributed by atoms with Crippen molar-refractivity contribution in [3.8, 4) is 0 Å². The molecule has 1 atom stereocenters. The smallest absolute Gasteiger partial charge is 0.313 e. The summed E-state index contributed by atoms with van der Waals surface area (Å²) in [6.07, 6.45) is 6.74. The highest BCUT2D eigenvalue weighted by Gasteiger charge is 2.31. The van der Waals surface area contributed by atoms with E-state index in [-0.39, 0.29) is 0 Å². The molecule has 0 heterocycles. The van der Waals surface area contributed by atoms with Crippen LogP contribution in [-0.2, 0) is 5.54 Å². The minimum atomic E-state index is -0.508. The van der Waals surface area contributed by atoms with Crippen LogP contribution in [0.4, 0.5) is 4.79 Å². The molecule has 3 heteroatoms. The summed E-state index contributed by atoms with van der Waals surface area (Å²) < 4.78 is 0. The Balaban J connectivity index is 2.42. The van der Waals surface area contributed by atoms with E-state index in [4.69, 9.17) is 5.73 Å². The summed E-state index contributed by atoms with van der Waals surface area (Å²) in [5.74, 6) is 0. The van der Waals surface area contributed by atoms with E-state index in [0.717, 1.165) is 12.0 Å². The fraction of sp³-hybridized carbons (Fsp3) is 0.214. The molecule has 1 aromatic carbocycles. The van der Waals surface area contributed by atoms with E-state index in [1.165, 1.54) is 5.57 Å². The first-order chi connectivity index (χ1) is 8.12. The van der Waals surface area contributed by atoms with E-state index in [1.54, 1.807) is 0 Å². The van der Waals surface area contributed by atoms with Crippen molar-refractivity contribution in [1.29, 1.82) is 0 Å². The van der Waals surface area contributed by atoms with Crippen molar-refractivity contribution in [1.82, 2.24) is 5.32 Å². The molecule has 1 aliphatic rings. The lowest BCUT2D eigenvalue weighted by atomic mass is 9.81. The number of urea groups is 1. The molecule has 3 N–H and O–H groups in total. The molecule has 1 aromatic rings. The van der Waals surface area contributed by atoms with Gasteiger partial charge < -0.3 is 11.1 Å². The van der Waals surface area contributed by atoms with Crippen LogP contribution in [0, 0.1) is 0 Å². The lowest BCUT2D eigenvalue weighted by molar-refractivity contribution is 0.239. The summed E-state index contributed by atoms with van der Waals surface area (Å²) >= 11 is 0. The van der Waals surface area contributed by atoms with Crippen LogP contribution in [0.3, 0.4) is 0 Å². The lowest BCUT2D eigenvalue weighted by Gasteiger charge is -2.34. The quantitative estimate of drug-likeness (QED) is 0.802. The van der Waals surface area contributed by atoms with E-state index < -0.39 is 11.6 Å². The molecule has 1 aliphatic carbocycles. The van der Waals surface area contributed by atoms with E-state index in [0.29, 0.717) is 0 Å². The molecule has 0 aromatic heterocycles. The molecular formula is C14H16N2O. The Morgan fingerprint density at radius 2 is 2.06 bits per heavy atom. The standard InChI is InChI=1S/C14H16N2O/c1-11-6-5-9-14(10-11,16-13(15)17)12-7-3-2-4-8-12/h2-9H,10H2,1H3,(H3,15,16,17). The number of nitrogens with two attached hydrogens (primary N) is 1. The van der Waals surface area contributed by atoms with Gasteiger partial charge in [-0.15, -0.1) is 0 Å². The summed E-state index contributed by atoms with van der Waals surface area (Å²) in [4.78, 5) is 11.2. The molecule has 0 bridgehead atoms. The van der Waals surface area contributed by atoms with Gasteiger partial charge in [0.1, 0.15) is 0 Å². The fourth-order valence-electron chi connectivity index (χ4n) is 2.25. The summed E-state index contributed by atoms with van der Waals surface area (Å²) in [7, 11) is 0. The van der Waals surface area contributed by atoms with E-state index >= 15 is 0 Å². The van der Waals surface area contributed by atoms with Crippen molar-refractivity contribution < 1.29 is 4.79 Å². The average Bonchev–Trinajstić information content (AvgIpc) is 2.29. The number of carbonyl (C=O) groups is 1. The van der Waals surface area contributed by atoms with Crippen LogP contribution in [0.2, 0.25) is 0 Å². The molecule has 0 fully saturated rings. The predicted octanol–water partition coefficient (Wildman–Crippen LogP) is 2.46. The van der Waals surface area contributed by atoms with Crippen molar-refractivity contribution in [3.05, 3.63) is 59.7 Å². The molecule has 0 saturated carbocycles. The Morgan fingerprint density at radius 1 is 1.35 bits per heavy atom. The molecule has 88 valence electrons. The molecule has 0 radical (unpaired) electrons. The number of rotatable bonds is 2. The highest BCUT2D eigenvalue weighted by atomic mass is 16.2. The Hall–Kier alpha value is -2.03. The average molecular weight is 228 g/mol. The number of allylic oxidation sites excluding steroid dienone is 2. The third-order valence-corrected chi connectivity index (χ3v) is 2.95.